The molecule has 0 fully saturated rings. The molecule has 180 valence electrons. The zero-order valence-corrected chi connectivity index (χ0v) is 20.9. The standard InChI is InChI=1S/C25H35N3O4S/c1-6-20(4)26-25(30)23(7-2)27(17-21-13-9-8-10-14-21)24(29)18-28(33(5,31)32)22-15-11-12-19(3)16-22/h8-16,20,23H,6-7,17-18H2,1-5H3,(H,26,30)/t20-,23+/m0/s1. The van der Waals surface area contributed by atoms with E-state index in [2.05, 4.69) is 5.32 Å². The highest BCUT2D eigenvalue weighted by molar-refractivity contribution is 7.92. The highest BCUT2D eigenvalue weighted by Crippen LogP contribution is 2.20. The number of nitrogens with zero attached hydrogens (tertiary/aromatic N) is 2. The number of amides is 2. The van der Waals surface area contributed by atoms with Crippen LogP contribution in [0.15, 0.2) is 54.6 Å². The van der Waals surface area contributed by atoms with Gasteiger partial charge in [0.25, 0.3) is 0 Å². The first-order valence-corrected chi connectivity index (χ1v) is 13.1. The number of nitrogens with one attached hydrogen (secondary N) is 1. The molecular weight excluding hydrogens is 438 g/mol. The van der Waals surface area contributed by atoms with Crippen LogP contribution in [0.5, 0.6) is 0 Å². The Morgan fingerprint density at radius 2 is 1.67 bits per heavy atom. The van der Waals surface area contributed by atoms with Gasteiger partial charge in [-0.15, -0.1) is 0 Å². The van der Waals surface area contributed by atoms with Crippen molar-refractivity contribution in [2.24, 2.45) is 0 Å². The van der Waals surface area contributed by atoms with E-state index in [1.54, 1.807) is 18.2 Å². The molecule has 2 rings (SSSR count). The van der Waals surface area contributed by atoms with Gasteiger partial charge in [0.15, 0.2) is 0 Å². The zero-order chi connectivity index (χ0) is 24.6. The van der Waals surface area contributed by atoms with E-state index < -0.39 is 22.0 Å². The number of hydrogen-bond acceptors (Lipinski definition) is 4. The molecular formula is C25H35N3O4S. The minimum Gasteiger partial charge on any atom is -0.352 e. The Bertz CT molecular complexity index is 1040. The Morgan fingerprint density at radius 3 is 2.21 bits per heavy atom. The highest BCUT2D eigenvalue weighted by Gasteiger charge is 2.32. The van der Waals surface area contributed by atoms with Crippen LogP contribution in [-0.4, -0.2) is 50.0 Å². The van der Waals surface area contributed by atoms with Crippen LogP contribution in [-0.2, 0) is 26.2 Å². The van der Waals surface area contributed by atoms with Gasteiger partial charge in [0.05, 0.1) is 11.9 Å². The lowest BCUT2D eigenvalue weighted by molar-refractivity contribution is -0.140. The van der Waals surface area contributed by atoms with Crippen LogP contribution < -0.4 is 9.62 Å². The maximum atomic E-state index is 13.6. The van der Waals surface area contributed by atoms with Gasteiger partial charge in [0.1, 0.15) is 12.6 Å². The molecule has 33 heavy (non-hydrogen) atoms. The Morgan fingerprint density at radius 1 is 1.00 bits per heavy atom. The van der Waals surface area contributed by atoms with E-state index in [0.717, 1.165) is 28.1 Å². The summed E-state index contributed by atoms with van der Waals surface area (Å²) >= 11 is 0. The number of sulfonamides is 1. The molecule has 0 unspecified atom stereocenters. The number of hydrogen-bond donors (Lipinski definition) is 1. The summed E-state index contributed by atoms with van der Waals surface area (Å²) in [4.78, 5) is 28.1. The number of carbonyl (C=O) groups excluding carboxylic acids is 2. The van der Waals surface area contributed by atoms with Crippen LogP contribution in [0.1, 0.15) is 44.7 Å². The van der Waals surface area contributed by atoms with Gasteiger partial charge in [-0.25, -0.2) is 8.42 Å². The third-order valence-corrected chi connectivity index (χ3v) is 6.69. The van der Waals surface area contributed by atoms with Crippen LogP contribution in [0.3, 0.4) is 0 Å². The van der Waals surface area contributed by atoms with Crippen LogP contribution >= 0.6 is 0 Å². The first-order valence-electron chi connectivity index (χ1n) is 11.2. The third-order valence-electron chi connectivity index (χ3n) is 5.55. The Balaban J connectivity index is 2.41. The second-order valence-electron chi connectivity index (χ2n) is 8.36. The summed E-state index contributed by atoms with van der Waals surface area (Å²) in [5, 5.41) is 2.96. The Labute approximate surface area is 197 Å². The van der Waals surface area contributed by atoms with Crippen LogP contribution in [0, 0.1) is 6.92 Å². The van der Waals surface area contributed by atoms with Crippen molar-refractivity contribution in [3.63, 3.8) is 0 Å². The van der Waals surface area contributed by atoms with Gasteiger partial charge >= 0.3 is 0 Å². The summed E-state index contributed by atoms with van der Waals surface area (Å²) in [5.74, 6) is -0.672. The largest absolute Gasteiger partial charge is 0.352 e. The minimum atomic E-state index is -3.73. The molecule has 0 aromatic heterocycles. The zero-order valence-electron chi connectivity index (χ0n) is 20.1. The average Bonchev–Trinajstić information content (AvgIpc) is 2.76. The van der Waals surface area contributed by atoms with E-state index in [0.29, 0.717) is 12.1 Å². The van der Waals surface area contributed by atoms with Gasteiger partial charge in [-0.1, -0.05) is 56.3 Å². The SMILES string of the molecule is CC[C@H](C(=O)N[C@@H](C)CC)N(Cc1ccccc1)C(=O)CN(c1cccc(C)c1)S(C)(=O)=O. The number of benzene rings is 2. The minimum absolute atomic E-state index is 0.0277. The number of rotatable bonds is 11. The average molecular weight is 474 g/mol. The Hall–Kier alpha value is -2.87. The second kappa shape index (κ2) is 11.8. The quantitative estimate of drug-likeness (QED) is 0.541. The summed E-state index contributed by atoms with van der Waals surface area (Å²) < 4.78 is 26.3. The fraction of sp³-hybridized carbons (Fsp3) is 0.440. The number of anilines is 1. The fourth-order valence-electron chi connectivity index (χ4n) is 3.54. The summed E-state index contributed by atoms with van der Waals surface area (Å²) in [7, 11) is -3.73. The summed E-state index contributed by atoms with van der Waals surface area (Å²) in [6, 6.07) is 15.6. The maximum Gasteiger partial charge on any atom is 0.244 e. The molecule has 0 spiro atoms. The highest BCUT2D eigenvalue weighted by atomic mass is 32.2. The van der Waals surface area contributed by atoms with Crippen molar-refractivity contribution in [1.82, 2.24) is 10.2 Å². The smallest absolute Gasteiger partial charge is 0.244 e. The first-order chi connectivity index (χ1) is 15.6. The summed E-state index contributed by atoms with van der Waals surface area (Å²) in [6.07, 6.45) is 2.26. The molecule has 0 radical (unpaired) electrons. The van der Waals surface area contributed by atoms with Gasteiger partial charge in [-0.3, -0.25) is 13.9 Å². The molecule has 7 nitrogen and oxygen atoms in total. The molecule has 0 aliphatic heterocycles. The molecule has 2 atom stereocenters. The van der Waals surface area contributed by atoms with Crippen LogP contribution in [0.4, 0.5) is 5.69 Å². The van der Waals surface area contributed by atoms with Crippen molar-refractivity contribution in [3.8, 4) is 0 Å². The van der Waals surface area contributed by atoms with Crippen molar-refractivity contribution < 1.29 is 18.0 Å². The van der Waals surface area contributed by atoms with Gasteiger partial charge in [0, 0.05) is 12.6 Å². The molecule has 2 aromatic rings. The van der Waals surface area contributed by atoms with Gasteiger partial charge in [-0.2, -0.15) is 0 Å². The molecule has 8 heteroatoms. The molecule has 0 aliphatic carbocycles. The number of aryl methyl sites for hydroxylation is 1. The number of carbonyl (C=O) groups is 2. The predicted octanol–water partition coefficient (Wildman–Crippen LogP) is 3.48. The van der Waals surface area contributed by atoms with Crippen molar-refractivity contribution in [3.05, 3.63) is 65.7 Å². The monoisotopic (exact) mass is 473 g/mol. The van der Waals surface area contributed by atoms with Crippen molar-refractivity contribution in [2.45, 2.75) is 59.2 Å². The second-order valence-corrected chi connectivity index (χ2v) is 10.3. The van der Waals surface area contributed by atoms with E-state index in [9.17, 15) is 18.0 Å². The van der Waals surface area contributed by atoms with E-state index in [-0.39, 0.29) is 25.0 Å². The van der Waals surface area contributed by atoms with Crippen LogP contribution in [0.25, 0.3) is 0 Å². The molecule has 0 heterocycles. The maximum absolute atomic E-state index is 13.6. The van der Waals surface area contributed by atoms with Crippen molar-refractivity contribution in [2.75, 3.05) is 17.1 Å². The first kappa shape index (κ1) is 26.4. The lowest BCUT2D eigenvalue weighted by atomic mass is 10.1. The molecule has 0 bridgehead atoms. The van der Waals surface area contributed by atoms with E-state index in [4.69, 9.17) is 0 Å². The van der Waals surface area contributed by atoms with E-state index in [1.807, 2.05) is 64.1 Å². The van der Waals surface area contributed by atoms with Crippen molar-refractivity contribution >= 4 is 27.5 Å². The van der Waals surface area contributed by atoms with Gasteiger partial charge in [0.2, 0.25) is 21.8 Å². The Kier molecular flexibility index (Phi) is 9.46. The van der Waals surface area contributed by atoms with E-state index >= 15 is 0 Å². The van der Waals surface area contributed by atoms with Crippen molar-refractivity contribution in [1.29, 1.82) is 0 Å². The summed E-state index contributed by atoms with van der Waals surface area (Å²) in [5.41, 5.74) is 2.17. The van der Waals surface area contributed by atoms with Gasteiger partial charge in [-0.05, 0) is 49.9 Å². The van der Waals surface area contributed by atoms with E-state index in [1.165, 1.54) is 4.90 Å². The third kappa shape index (κ3) is 7.60. The molecule has 2 aromatic carbocycles. The lowest BCUT2D eigenvalue weighted by Gasteiger charge is -2.33. The lowest BCUT2D eigenvalue weighted by Crippen LogP contribution is -2.53. The molecule has 2 amide bonds. The topological polar surface area (TPSA) is 86.8 Å². The molecule has 0 saturated heterocycles. The molecule has 0 saturated carbocycles. The van der Waals surface area contributed by atoms with Crippen LogP contribution in [0.2, 0.25) is 0 Å². The fourth-order valence-corrected chi connectivity index (χ4v) is 4.38. The summed E-state index contributed by atoms with van der Waals surface area (Å²) in [6.45, 7) is 7.42. The molecule has 1 N–H and O–H groups in total. The normalized spacial score (nSPS) is 13.1. The molecule has 0 aliphatic rings. The predicted molar refractivity (Wildman–Crippen MR) is 132 cm³/mol. The van der Waals surface area contributed by atoms with Gasteiger partial charge < -0.3 is 10.2 Å².